The van der Waals surface area contributed by atoms with Crippen molar-refractivity contribution in [2.75, 3.05) is 7.05 Å². The van der Waals surface area contributed by atoms with Crippen molar-refractivity contribution in [3.63, 3.8) is 0 Å². The molecule has 0 aliphatic heterocycles. The van der Waals surface area contributed by atoms with E-state index in [-0.39, 0.29) is 2.93 Å². The van der Waals surface area contributed by atoms with Crippen molar-refractivity contribution < 1.29 is 43.9 Å². The second-order valence-electron chi connectivity index (χ2n) is 2.65. The van der Waals surface area contributed by atoms with E-state index in [2.05, 4.69) is 0 Å². The van der Waals surface area contributed by atoms with Crippen molar-refractivity contribution in [2.24, 2.45) is 0 Å². The zero-order chi connectivity index (χ0) is 15.0. The summed E-state index contributed by atoms with van der Waals surface area (Å²) in [4.78, 5) is -10.6. The fraction of sp³-hybridized carbons (Fsp3) is 1.00. The summed E-state index contributed by atoms with van der Waals surface area (Å²) in [6.45, 7) is 0. The molecule has 18 heavy (non-hydrogen) atoms. The fourth-order valence-electron chi connectivity index (χ4n) is 0.445. The molecule has 0 spiro atoms. The topological polar surface area (TPSA) is 3.24 Å². The molecule has 0 amide bonds. The van der Waals surface area contributed by atoms with Crippen molar-refractivity contribution in [2.45, 2.75) is 22.0 Å². The predicted molar refractivity (Wildman–Crippen MR) is 41.3 cm³/mol. The molecular formula is C5H3F10NSe2. The zero-order valence-electron chi connectivity index (χ0n) is 8.04. The third kappa shape index (κ3) is 4.76. The molecule has 1 nitrogen and oxygen atoms in total. The van der Waals surface area contributed by atoms with E-state index >= 15 is 0 Å². The Morgan fingerprint density at radius 2 is 0.833 bits per heavy atom. The van der Waals surface area contributed by atoms with Gasteiger partial charge in [0.2, 0.25) is 0 Å². The predicted octanol–water partition coefficient (Wildman–Crippen LogP) is 2.47. The van der Waals surface area contributed by atoms with E-state index in [0.29, 0.717) is 7.05 Å². The van der Waals surface area contributed by atoms with Crippen LogP contribution in [-0.4, -0.2) is 62.3 Å². The van der Waals surface area contributed by atoms with Crippen LogP contribution in [0.25, 0.3) is 0 Å². The van der Waals surface area contributed by atoms with Gasteiger partial charge in [-0.05, 0) is 0 Å². The van der Waals surface area contributed by atoms with Gasteiger partial charge in [0.25, 0.3) is 0 Å². The summed E-state index contributed by atoms with van der Waals surface area (Å²) in [5.74, 6) is 0. The van der Waals surface area contributed by atoms with E-state index < -0.39 is 52.3 Å². The molecule has 0 rings (SSSR count). The van der Waals surface area contributed by atoms with Crippen LogP contribution in [0.2, 0.25) is 0 Å². The van der Waals surface area contributed by atoms with E-state index in [9.17, 15) is 43.9 Å². The Morgan fingerprint density at radius 3 is 1.00 bits per heavy atom. The molecule has 0 saturated carbocycles. The first-order valence-electron chi connectivity index (χ1n) is 3.61. The number of alkyl halides is 10. The van der Waals surface area contributed by atoms with Crippen molar-refractivity contribution in [1.29, 1.82) is 0 Å². The molecule has 0 saturated heterocycles. The molecule has 0 aromatic heterocycles. The minimum atomic E-state index is -5.98. The van der Waals surface area contributed by atoms with Gasteiger partial charge in [-0.15, -0.1) is 0 Å². The Labute approximate surface area is 107 Å². The molecule has 0 heterocycles. The fourth-order valence-corrected chi connectivity index (χ4v) is 4.76. The Hall–Kier alpha value is 0.299. The van der Waals surface area contributed by atoms with Gasteiger partial charge < -0.3 is 0 Å². The van der Waals surface area contributed by atoms with Gasteiger partial charge in [-0.3, -0.25) is 0 Å². The molecule has 0 aromatic rings. The van der Waals surface area contributed by atoms with Crippen molar-refractivity contribution in [1.82, 2.24) is 2.93 Å². The first-order valence-corrected chi connectivity index (χ1v) is 6.86. The summed E-state index contributed by atoms with van der Waals surface area (Å²) in [5, 5.41) is 0. The number of hydrogen-bond acceptors (Lipinski definition) is 1. The second kappa shape index (κ2) is 5.35. The van der Waals surface area contributed by atoms with Gasteiger partial charge in [-0.25, -0.2) is 0 Å². The Morgan fingerprint density at radius 1 is 0.611 bits per heavy atom. The number of halogens is 10. The molecule has 0 bridgehead atoms. The summed E-state index contributed by atoms with van der Waals surface area (Å²) >= 11 is -5.78. The van der Waals surface area contributed by atoms with Crippen LogP contribution in [0.1, 0.15) is 0 Å². The van der Waals surface area contributed by atoms with Gasteiger partial charge in [0.05, 0.1) is 0 Å². The van der Waals surface area contributed by atoms with Crippen LogP contribution in [-0.2, 0) is 0 Å². The molecule has 0 aromatic carbocycles. The van der Waals surface area contributed by atoms with Crippen LogP contribution in [0.3, 0.4) is 0 Å². The molecule has 13 heteroatoms. The summed E-state index contributed by atoms with van der Waals surface area (Å²) < 4.78 is 119. The van der Waals surface area contributed by atoms with Crippen molar-refractivity contribution in [3.8, 4) is 0 Å². The van der Waals surface area contributed by atoms with Crippen LogP contribution in [0.4, 0.5) is 43.9 Å². The number of hydrogen-bond donors (Lipinski definition) is 0. The number of rotatable bonds is 4. The molecule has 0 N–H and O–H groups in total. The van der Waals surface area contributed by atoms with E-state index in [1.807, 2.05) is 0 Å². The van der Waals surface area contributed by atoms with Gasteiger partial charge in [0, 0.05) is 0 Å². The normalized spacial score (nSPS) is 15.3. The van der Waals surface area contributed by atoms with Gasteiger partial charge in [0.1, 0.15) is 0 Å². The molecule has 110 valence electrons. The van der Waals surface area contributed by atoms with Gasteiger partial charge >= 0.3 is 106 Å². The van der Waals surface area contributed by atoms with E-state index in [4.69, 9.17) is 0 Å². The standard InChI is InChI=1S/C5H3F10NSe2/c1-16(17-4(12,13)2(6,7)8)18-5(14,15)3(9,10)11/h1H3. The summed E-state index contributed by atoms with van der Waals surface area (Å²) in [7, 11) is 0.360. The SMILES string of the molecule is CN([Se]C(F)(F)C(F)(F)F)[Se]C(F)(F)C(F)(F)F. The van der Waals surface area contributed by atoms with Crippen LogP contribution >= 0.6 is 0 Å². The Balaban J connectivity index is 4.69. The van der Waals surface area contributed by atoms with Crippen molar-refractivity contribution in [3.05, 3.63) is 0 Å². The third-order valence-corrected chi connectivity index (χ3v) is 5.78. The molecular weight excluding hydrogens is 422 g/mol. The van der Waals surface area contributed by atoms with Crippen molar-refractivity contribution >= 4 is 30.3 Å². The average molecular weight is 425 g/mol. The van der Waals surface area contributed by atoms with E-state index in [0.717, 1.165) is 0 Å². The Kier molecular flexibility index (Phi) is 5.44. The zero-order valence-corrected chi connectivity index (χ0v) is 11.5. The summed E-state index contributed by atoms with van der Waals surface area (Å²) in [6.07, 6.45) is -12.0. The summed E-state index contributed by atoms with van der Waals surface area (Å²) in [5.41, 5.74) is 0. The van der Waals surface area contributed by atoms with Gasteiger partial charge in [-0.1, -0.05) is 0 Å². The molecule has 0 atom stereocenters. The first kappa shape index (κ1) is 18.3. The monoisotopic (exact) mass is 427 g/mol. The van der Waals surface area contributed by atoms with E-state index in [1.165, 1.54) is 0 Å². The maximum absolute atomic E-state index is 12.4. The Bertz CT molecular complexity index is 255. The number of nitrogens with zero attached hydrogens (tertiary/aromatic N) is 1. The molecule has 0 aliphatic rings. The van der Waals surface area contributed by atoms with Crippen LogP contribution in [0, 0.1) is 0 Å². The van der Waals surface area contributed by atoms with Crippen LogP contribution in [0.15, 0.2) is 0 Å². The van der Waals surface area contributed by atoms with Crippen LogP contribution in [0.5, 0.6) is 0 Å². The second-order valence-corrected chi connectivity index (χ2v) is 9.04. The first-order chi connectivity index (χ1) is 7.60. The van der Waals surface area contributed by atoms with Crippen LogP contribution < -0.4 is 0 Å². The maximum atomic E-state index is 12.4. The summed E-state index contributed by atoms with van der Waals surface area (Å²) in [6, 6.07) is 0. The average Bonchev–Trinajstić information content (AvgIpc) is 1.95. The molecule has 0 unspecified atom stereocenters. The molecule has 0 fully saturated rings. The molecule has 0 aliphatic carbocycles. The minimum absolute atomic E-state index is 0.305. The van der Waals surface area contributed by atoms with Gasteiger partial charge in [-0.2, -0.15) is 0 Å². The van der Waals surface area contributed by atoms with Gasteiger partial charge in [0.15, 0.2) is 0 Å². The molecule has 0 radical (unpaired) electrons. The third-order valence-electron chi connectivity index (χ3n) is 1.15. The quantitative estimate of drug-likeness (QED) is 0.495. The van der Waals surface area contributed by atoms with E-state index in [1.54, 1.807) is 0 Å².